The quantitative estimate of drug-likeness (QED) is 0.272. The summed E-state index contributed by atoms with van der Waals surface area (Å²) in [4.78, 5) is 0. The van der Waals surface area contributed by atoms with Gasteiger partial charge in [-0.25, -0.2) is 0 Å². The Bertz CT molecular complexity index is 1830. The number of furan rings is 1. The molecule has 0 spiro atoms. The maximum absolute atomic E-state index is 6.14. The Morgan fingerprint density at radius 2 is 1.24 bits per heavy atom. The van der Waals surface area contributed by atoms with Gasteiger partial charge in [0.25, 0.3) is 0 Å². The van der Waals surface area contributed by atoms with Crippen LogP contribution in [0.3, 0.4) is 0 Å². The van der Waals surface area contributed by atoms with Crippen molar-refractivity contribution in [2.75, 3.05) is 0 Å². The van der Waals surface area contributed by atoms with Gasteiger partial charge in [0, 0.05) is 27.2 Å². The summed E-state index contributed by atoms with van der Waals surface area (Å²) in [5.41, 5.74) is 9.11. The van der Waals surface area contributed by atoms with Gasteiger partial charge in [-0.05, 0) is 72.1 Å². The van der Waals surface area contributed by atoms with Gasteiger partial charge < -0.3 is 8.98 Å². The normalized spacial score (nSPS) is 11.8. The standard InChI is InChI=1S/C31H21NO/c1-20-7-6-8-23(17-20)32-28-11-4-2-9-24(28)27-18-21(14-16-29(27)32)22-13-15-26-25-10-3-5-12-30(25)33-31(26)19-22/h2-19H,1H3. The molecule has 0 amide bonds. The predicted octanol–water partition coefficient (Wildman–Crippen LogP) is 8.66. The highest BCUT2D eigenvalue weighted by atomic mass is 16.3. The zero-order valence-corrected chi connectivity index (χ0v) is 18.2. The van der Waals surface area contributed by atoms with E-state index in [1.807, 2.05) is 12.1 Å². The van der Waals surface area contributed by atoms with E-state index in [9.17, 15) is 0 Å². The fourth-order valence-electron chi connectivity index (χ4n) is 5.10. The Morgan fingerprint density at radius 1 is 0.515 bits per heavy atom. The molecule has 0 radical (unpaired) electrons. The molecule has 33 heavy (non-hydrogen) atoms. The first-order chi connectivity index (χ1) is 16.3. The van der Waals surface area contributed by atoms with Gasteiger partial charge in [0.05, 0.1) is 11.0 Å². The van der Waals surface area contributed by atoms with E-state index >= 15 is 0 Å². The Morgan fingerprint density at radius 3 is 2.15 bits per heavy atom. The van der Waals surface area contributed by atoms with Crippen LogP contribution in [0.4, 0.5) is 0 Å². The first-order valence-electron chi connectivity index (χ1n) is 11.3. The fraction of sp³-hybridized carbons (Fsp3) is 0.0323. The molecule has 0 unspecified atom stereocenters. The van der Waals surface area contributed by atoms with Crippen LogP contribution in [0.15, 0.2) is 114 Å². The SMILES string of the molecule is Cc1cccc(-n2c3ccccc3c3cc(-c4ccc5c(c4)oc4ccccc45)ccc32)c1. The lowest BCUT2D eigenvalue weighted by Gasteiger charge is -2.09. The lowest BCUT2D eigenvalue weighted by Crippen LogP contribution is -1.93. The van der Waals surface area contributed by atoms with Crippen molar-refractivity contribution in [1.29, 1.82) is 0 Å². The molecule has 0 aliphatic rings. The number of aromatic nitrogens is 1. The van der Waals surface area contributed by atoms with Gasteiger partial charge in [-0.2, -0.15) is 0 Å². The van der Waals surface area contributed by atoms with Crippen LogP contribution < -0.4 is 0 Å². The number of aryl methyl sites for hydroxylation is 1. The number of fused-ring (bicyclic) bond motifs is 6. The number of para-hydroxylation sites is 2. The predicted molar refractivity (Wildman–Crippen MR) is 138 cm³/mol. The lowest BCUT2D eigenvalue weighted by molar-refractivity contribution is 0.669. The molecule has 7 rings (SSSR count). The van der Waals surface area contributed by atoms with Crippen molar-refractivity contribution in [1.82, 2.24) is 4.57 Å². The van der Waals surface area contributed by atoms with Crippen LogP contribution in [0.1, 0.15) is 5.56 Å². The van der Waals surface area contributed by atoms with E-state index in [2.05, 4.69) is 109 Å². The van der Waals surface area contributed by atoms with Crippen LogP contribution in [0, 0.1) is 6.92 Å². The minimum Gasteiger partial charge on any atom is -0.456 e. The second-order valence-electron chi connectivity index (χ2n) is 8.73. The number of nitrogens with zero attached hydrogens (tertiary/aromatic N) is 1. The minimum atomic E-state index is 0.927. The smallest absolute Gasteiger partial charge is 0.136 e. The highest BCUT2D eigenvalue weighted by molar-refractivity contribution is 6.11. The number of hydrogen-bond donors (Lipinski definition) is 0. The lowest BCUT2D eigenvalue weighted by atomic mass is 10.0. The zero-order valence-electron chi connectivity index (χ0n) is 18.2. The Kier molecular flexibility index (Phi) is 3.80. The minimum absolute atomic E-state index is 0.927. The average molecular weight is 424 g/mol. The monoisotopic (exact) mass is 423 g/mol. The van der Waals surface area contributed by atoms with Crippen LogP contribution in [-0.2, 0) is 0 Å². The highest BCUT2D eigenvalue weighted by Crippen LogP contribution is 2.37. The summed E-state index contributed by atoms with van der Waals surface area (Å²) in [5.74, 6) is 0. The molecule has 0 N–H and O–H groups in total. The van der Waals surface area contributed by atoms with Crippen LogP contribution in [0.25, 0.3) is 60.6 Å². The molecule has 156 valence electrons. The maximum Gasteiger partial charge on any atom is 0.136 e. The molecule has 2 heteroatoms. The molecule has 0 saturated heterocycles. The van der Waals surface area contributed by atoms with Gasteiger partial charge in [-0.1, -0.05) is 60.7 Å². The Labute approximate surface area is 191 Å². The van der Waals surface area contributed by atoms with Crippen LogP contribution >= 0.6 is 0 Å². The summed E-state index contributed by atoms with van der Waals surface area (Å²) in [7, 11) is 0. The molecule has 2 nitrogen and oxygen atoms in total. The summed E-state index contributed by atoms with van der Waals surface area (Å²) in [6.45, 7) is 2.14. The zero-order chi connectivity index (χ0) is 21.9. The number of hydrogen-bond acceptors (Lipinski definition) is 1. The average Bonchev–Trinajstić information content (AvgIpc) is 3.39. The molecule has 0 saturated carbocycles. The third-order valence-electron chi connectivity index (χ3n) is 6.64. The molecular formula is C31H21NO. The third kappa shape index (κ3) is 2.74. The molecular weight excluding hydrogens is 402 g/mol. The second kappa shape index (κ2) is 6.85. The van der Waals surface area contributed by atoms with E-state index in [0.717, 1.165) is 27.5 Å². The number of benzene rings is 5. The van der Waals surface area contributed by atoms with Crippen LogP contribution in [-0.4, -0.2) is 4.57 Å². The molecule has 2 heterocycles. The summed E-state index contributed by atoms with van der Waals surface area (Å²) < 4.78 is 8.51. The second-order valence-corrected chi connectivity index (χ2v) is 8.73. The first-order valence-corrected chi connectivity index (χ1v) is 11.3. The van der Waals surface area contributed by atoms with E-state index in [-0.39, 0.29) is 0 Å². The molecule has 0 aliphatic carbocycles. The molecule has 0 aliphatic heterocycles. The molecule has 7 aromatic rings. The van der Waals surface area contributed by atoms with Crippen molar-refractivity contribution >= 4 is 43.7 Å². The van der Waals surface area contributed by atoms with Crippen molar-refractivity contribution in [2.24, 2.45) is 0 Å². The summed E-state index contributed by atoms with van der Waals surface area (Å²) >= 11 is 0. The first kappa shape index (κ1) is 18.3. The van der Waals surface area contributed by atoms with E-state index in [0.29, 0.717) is 0 Å². The fourth-order valence-corrected chi connectivity index (χ4v) is 5.10. The van der Waals surface area contributed by atoms with Crippen molar-refractivity contribution in [3.05, 3.63) is 115 Å². The van der Waals surface area contributed by atoms with Gasteiger partial charge in [0.1, 0.15) is 11.2 Å². The van der Waals surface area contributed by atoms with Gasteiger partial charge >= 0.3 is 0 Å². The topological polar surface area (TPSA) is 18.1 Å². The largest absolute Gasteiger partial charge is 0.456 e. The maximum atomic E-state index is 6.14. The van der Waals surface area contributed by atoms with Crippen molar-refractivity contribution in [3.8, 4) is 16.8 Å². The van der Waals surface area contributed by atoms with Gasteiger partial charge in [0.15, 0.2) is 0 Å². The van der Waals surface area contributed by atoms with Crippen molar-refractivity contribution in [2.45, 2.75) is 6.92 Å². The Hall–Kier alpha value is -4.30. The molecule has 2 aromatic heterocycles. The van der Waals surface area contributed by atoms with Crippen LogP contribution in [0.5, 0.6) is 0 Å². The Balaban J connectivity index is 1.46. The highest BCUT2D eigenvalue weighted by Gasteiger charge is 2.14. The van der Waals surface area contributed by atoms with Crippen molar-refractivity contribution in [3.63, 3.8) is 0 Å². The van der Waals surface area contributed by atoms with E-state index in [1.54, 1.807) is 0 Å². The van der Waals surface area contributed by atoms with E-state index < -0.39 is 0 Å². The summed E-state index contributed by atoms with van der Waals surface area (Å²) in [6, 6.07) is 38.9. The summed E-state index contributed by atoms with van der Waals surface area (Å²) in [5, 5.41) is 4.84. The molecule has 0 atom stereocenters. The molecule has 0 bridgehead atoms. The molecule has 0 fully saturated rings. The van der Waals surface area contributed by atoms with Gasteiger partial charge in [-0.3, -0.25) is 0 Å². The summed E-state index contributed by atoms with van der Waals surface area (Å²) in [6.07, 6.45) is 0. The van der Waals surface area contributed by atoms with E-state index in [4.69, 9.17) is 4.42 Å². The van der Waals surface area contributed by atoms with Gasteiger partial charge in [-0.15, -0.1) is 0 Å². The van der Waals surface area contributed by atoms with Gasteiger partial charge in [0.2, 0.25) is 0 Å². The van der Waals surface area contributed by atoms with E-state index in [1.165, 1.54) is 38.6 Å². The third-order valence-corrected chi connectivity index (χ3v) is 6.64. The molecule has 5 aromatic carbocycles. The number of rotatable bonds is 2. The van der Waals surface area contributed by atoms with Crippen molar-refractivity contribution < 1.29 is 4.42 Å². The van der Waals surface area contributed by atoms with Crippen LogP contribution in [0.2, 0.25) is 0 Å².